The van der Waals surface area contributed by atoms with Crippen molar-refractivity contribution in [3.63, 3.8) is 0 Å². The molecule has 0 aliphatic heterocycles. The molecule has 1 heterocycles. The van der Waals surface area contributed by atoms with Crippen molar-refractivity contribution >= 4 is 5.82 Å². The first-order chi connectivity index (χ1) is 10.2. The molecule has 0 aliphatic rings. The zero-order chi connectivity index (χ0) is 14.8. The molecule has 106 valence electrons. The van der Waals surface area contributed by atoms with Gasteiger partial charge < -0.3 is 10.3 Å². The first-order valence-corrected chi connectivity index (χ1v) is 7.07. The van der Waals surface area contributed by atoms with Crippen LogP contribution in [0, 0.1) is 0 Å². The summed E-state index contributed by atoms with van der Waals surface area (Å²) in [7, 11) is 0. The maximum Gasteiger partial charge on any atom is 0.176 e. The molecule has 0 amide bonds. The molecule has 3 nitrogen and oxygen atoms in total. The van der Waals surface area contributed by atoms with Gasteiger partial charge in [-0.05, 0) is 17.0 Å². The Morgan fingerprint density at radius 1 is 0.905 bits per heavy atom. The summed E-state index contributed by atoms with van der Waals surface area (Å²) in [4.78, 5) is 0. The Kier molecular flexibility index (Phi) is 3.48. The minimum Gasteiger partial charge on any atom is -0.380 e. The van der Waals surface area contributed by atoms with E-state index in [1.165, 1.54) is 5.56 Å². The summed E-state index contributed by atoms with van der Waals surface area (Å²) in [5.41, 5.74) is 10.1. The van der Waals surface area contributed by atoms with Crippen molar-refractivity contribution in [1.82, 2.24) is 5.16 Å². The molecule has 1 aromatic heterocycles. The highest BCUT2D eigenvalue weighted by Crippen LogP contribution is 2.36. The van der Waals surface area contributed by atoms with Crippen molar-refractivity contribution in [2.45, 2.75) is 19.8 Å². The van der Waals surface area contributed by atoms with Crippen molar-refractivity contribution in [1.29, 1.82) is 0 Å². The topological polar surface area (TPSA) is 52.0 Å². The molecule has 0 bridgehead atoms. The van der Waals surface area contributed by atoms with Gasteiger partial charge in [0.05, 0.1) is 5.56 Å². The predicted molar refractivity (Wildman–Crippen MR) is 85.9 cm³/mol. The maximum atomic E-state index is 5.98. The molecule has 0 saturated heterocycles. The summed E-state index contributed by atoms with van der Waals surface area (Å²) in [6.07, 6.45) is 0. The molecule has 2 aromatic carbocycles. The summed E-state index contributed by atoms with van der Waals surface area (Å²) in [5, 5.41) is 3.93. The fourth-order valence-electron chi connectivity index (χ4n) is 2.40. The SMILES string of the molecule is CC(C)c1ccc(-c2onc(N)c2-c2ccccc2)cc1. The molecule has 0 saturated carbocycles. The summed E-state index contributed by atoms with van der Waals surface area (Å²) < 4.78 is 5.46. The predicted octanol–water partition coefficient (Wildman–Crippen LogP) is 4.71. The number of hydrogen-bond acceptors (Lipinski definition) is 3. The summed E-state index contributed by atoms with van der Waals surface area (Å²) >= 11 is 0. The van der Waals surface area contributed by atoms with Gasteiger partial charge in [0.1, 0.15) is 0 Å². The number of nitrogens with two attached hydrogens (primary N) is 1. The fraction of sp³-hybridized carbons (Fsp3) is 0.167. The van der Waals surface area contributed by atoms with E-state index >= 15 is 0 Å². The first kappa shape index (κ1) is 13.4. The second-order valence-electron chi connectivity index (χ2n) is 5.41. The van der Waals surface area contributed by atoms with Crippen LogP contribution in [0.15, 0.2) is 59.1 Å². The van der Waals surface area contributed by atoms with E-state index < -0.39 is 0 Å². The Morgan fingerprint density at radius 3 is 2.19 bits per heavy atom. The average molecular weight is 278 g/mol. The maximum absolute atomic E-state index is 5.98. The minimum atomic E-state index is 0.420. The van der Waals surface area contributed by atoms with Crippen molar-refractivity contribution in [3.05, 3.63) is 60.2 Å². The van der Waals surface area contributed by atoms with Crippen LogP contribution < -0.4 is 5.73 Å². The largest absolute Gasteiger partial charge is 0.380 e. The molecule has 0 spiro atoms. The van der Waals surface area contributed by atoms with E-state index in [-0.39, 0.29) is 0 Å². The van der Waals surface area contributed by atoms with Crippen LogP contribution in [0.4, 0.5) is 5.82 Å². The highest BCUT2D eigenvalue weighted by atomic mass is 16.5. The molecule has 0 fully saturated rings. The van der Waals surface area contributed by atoms with Crippen molar-refractivity contribution < 1.29 is 4.52 Å². The Morgan fingerprint density at radius 2 is 1.57 bits per heavy atom. The van der Waals surface area contributed by atoms with E-state index in [9.17, 15) is 0 Å². The number of anilines is 1. The smallest absolute Gasteiger partial charge is 0.176 e. The Balaban J connectivity index is 2.08. The molecular weight excluding hydrogens is 260 g/mol. The number of aromatic nitrogens is 1. The third-order valence-electron chi connectivity index (χ3n) is 3.62. The van der Waals surface area contributed by atoms with Crippen molar-refractivity contribution in [3.8, 4) is 22.5 Å². The molecular formula is C18H18N2O. The van der Waals surface area contributed by atoms with Crippen molar-refractivity contribution in [2.24, 2.45) is 0 Å². The lowest BCUT2D eigenvalue weighted by Gasteiger charge is -2.06. The van der Waals surface area contributed by atoms with Crippen molar-refractivity contribution in [2.75, 3.05) is 5.73 Å². The summed E-state index contributed by atoms with van der Waals surface area (Å²) in [5.74, 6) is 1.64. The number of hydrogen-bond donors (Lipinski definition) is 1. The van der Waals surface area contributed by atoms with Crippen LogP contribution in [0.2, 0.25) is 0 Å². The van der Waals surface area contributed by atoms with Gasteiger partial charge in [-0.25, -0.2) is 0 Å². The van der Waals surface area contributed by atoms with E-state index in [2.05, 4.69) is 43.3 Å². The molecule has 21 heavy (non-hydrogen) atoms. The average Bonchev–Trinajstić information content (AvgIpc) is 2.90. The number of nitrogens with zero attached hydrogens (tertiary/aromatic N) is 1. The van der Waals surface area contributed by atoms with Gasteiger partial charge in [-0.2, -0.15) is 0 Å². The van der Waals surface area contributed by atoms with E-state index in [1.807, 2.05) is 30.3 Å². The lowest BCUT2D eigenvalue weighted by molar-refractivity contribution is 0.436. The molecule has 0 radical (unpaired) electrons. The van der Waals surface area contributed by atoms with Gasteiger partial charge in [0.2, 0.25) is 0 Å². The first-order valence-electron chi connectivity index (χ1n) is 7.07. The summed E-state index contributed by atoms with van der Waals surface area (Å²) in [6.45, 7) is 4.35. The quantitative estimate of drug-likeness (QED) is 0.754. The normalized spacial score (nSPS) is 11.0. The molecule has 3 rings (SSSR count). The Labute approximate surface area is 124 Å². The highest BCUT2D eigenvalue weighted by Gasteiger charge is 2.17. The lowest BCUT2D eigenvalue weighted by Crippen LogP contribution is -1.89. The van der Waals surface area contributed by atoms with Crippen LogP contribution in [0.5, 0.6) is 0 Å². The van der Waals surface area contributed by atoms with Crippen LogP contribution >= 0.6 is 0 Å². The minimum absolute atomic E-state index is 0.420. The monoisotopic (exact) mass is 278 g/mol. The van der Waals surface area contributed by atoms with Gasteiger partial charge in [0.15, 0.2) is 11.6 Å². The van der Waals surface area contributed by atoms with Crippen LogP contribution in [0.25, 0.3) is 22.5 Å². The van der Waals surface area contributed by atoms with E-state index in [1.54, 1.807) is 0 Å². The van der Waals surface area contributed by atoms with Crippen LogP contribution in [-0.4, -0.2) is 5.16 Å². The second-order valence-corrected chi connectivity index (χ2v) is 5.41. The van der Waals surface area contributed by atoms with Gasteiger partial charge >= 0.3 is 0 Å². The van der Waals surface area contributed by atoms with Gasteiger partial charge in [-0.15, -0.1) is 0 Å². The zero-order valence-corrected chi connectivity index (χ0v) is 12.2. The standard InChI is InChI=1S/C18H18N2O/c1-12(2)13-8-10-15(11-9-13)17-16(18(19)20-21-17)14-6-4-3-5-7-14/h3-12H,1-2H3,(H2,19,20). The van der Waals surface area contributed by atoms with E-state index in [4.69, 9.17) is 10.3 Å². The van der Waals surface area contributed by atoms with Gasteiger partial charge in [-0.3, -0.25) is 0 Å². The van der Waals surface area contributed by atoms with Crippen LogP contribution in [-0.2, 0) is 0 Å². The Bertz CT molecular complexity index is 728. The Hall–Kier alpha value is -2.55. The van der Waals surface area contributed by atoms with Gasteiger partial charge in [0, 0.05) is 5.56 Å². The summed E-state index contributed by atoms with van der Waals surface area (Å²) in [6, 6.07) is 18.3. The second kappa shape index (κ2) is 5.44. The van der Waals surface area contributed by atoms with Crippen LogP contribution in [0.1, 0.15) is 25.3 Å². The van der Waals surface area contributed by atoms with Gasteiger partial charge in [-0.1, -0.05) is 73.6 Å². The third kappa shape index (κ3) is 2.55. The lowest BCUT2D eigenvalue weighted by atomic mass is 9.98. The van der Waals surface area contributed by atoms with E-state index in [0.29, 0.717) is 17.5 Å². The molecule has 3 aromatic rings. The zero-order valence-electron chi connectivity index (χ0n) is 12.2. The molecule has 0 aliphatic carbocycles. The molecule has 0 unspecified atom stereocenters. The van der Waals surface area contributed by atoms with E-state index in [0.717, 1.165) is 16.7 Å². The highest BCUT2D eigenvalue weighted by molar-refractivity contribution is 5.86. The molecule has 2 N–H and O–H groups in total. The van der Waals surface area contributed by atoms with Gasteiger partial charge in [0.25, 0.3) is 0 Å². The molecule has 0 atom stereocenters. The fourth-order valence-corrected chi connectivity index (χ4v) is 2.40. The number of rotatable bonds is 3. The molecule has 3 heteroatoms. The number of nitrogen functional groups attached to an aromatic ring is 1. The number of benzene rings is 2. The van der Waals surface area contributed by atoms with Crippen LogP contribution in [0.3, 0.4) is 0 Å². The third-order valence-corrected chi connectivity index (χ3v) is 3.62.